The van der Waals surface area contributed by atoms with Crippen molar-refractivity contribution < 1.29 is 26.4 Å². The van der Waals surface area contributed by atoms with Gasteiger partial charge < -0.3 is 4.90 Å². The average molecular weight is 477 g/mol. The number of carbonyl (C=O) groups is 1. The highest BCUT2D eigenvalue weighted by atomic mass is 32.2. The van der Waals surface area contributed by atoms with Gasteiger partial charge in [-0.2, -0.15) is 13.2 Å². The highest BCUT2D eigenvalue weighted by Crippen LogP contribution is 2.32. The Kier molecular flexibility index (Phi) is 7.43. The second-order valence-electron chi connectivity index (χ2n) is 7.54. The molecular weight excluding hydrogens is 453 g/mol. The summed E-state index contributed by atoms with van der Waals surface area (Å²) in [6.07, 6.45) is -3.78. The van der Waals surface area contributed by atoms with Crippen molar-refractivity contribution in [2.75, 3.05) is 17.1 Å². The second kappa shape index (κ2) is 10.1. The Labute approximate surface area is 191 Å². The summed E-state index contributed by atoms with van der Waals surface area (Å²) in [5.74, 6) is -0.537. The van der Waals surface area contributed by atoms with Crippen molar-refractivity contribution in [3.05, 3.63) is 102 Å². The predicted molar refractivity (Wildman–Crippen MR) is 121 cm³/mol. The first-order valence-corrected chi connectivity index (χ1v) is 11.9. The summed E-state index contributed by atoms with van der Waals surface area (Å²) in [5.41, 5.74) is 0.463. The maximum atomic E-state index is 13.3. The number of alkyl halides is 3. The minimum atomic E-state index is -4.64. The maximum Gasteiger partial charge on any atom is 0.416 e. The molecule has 0 aliphatic rings. The lowest BCUT2D eigenvalue weighted by Gasteiger charge is -2.28. The van der Waals surface area contributed by atoms with E-state index in [1.54, 1.807) is 0 Å². The summed E-state index contributed by atoms with van der Waals surface area (Å²) in [6, 6.07) is 22.3. The lowest BCUT2D eigenvalue weighted by molar-refractivity contribution is -0.137. The van der Waals surface area contributed by atoms with E-state index in [0.717, 1.165) is 35.6 Å². The zero-order chi connectivity index (χ0) is 24.1. The molecule has 0 unspecified atom stereocenters. The molecule has 0 N–H and O–H groups in total. The van der Waals surface area contributed by atoms with E-state index in [1.807, 2.05) is 60.7 Å². The number of hydrogen-bond acceptors (Lipinski definition) is 3. The number of halogens is 3. The highest BCUT2D eigenvalue weighted by molar-refractivity contribution is 7.92. The molecule has 0 atom stereocenters. The van der Waals surface area contributed by atoms with Crippen LogP contribution in [0.1, 0.15) is 16.7 Å². The lowest BCUT2D eigenvalue weighted by Crippen LogP contribution is -2.42. The van der Waals surface area contributed by atoms with E-state index in [-0.39, 0.29) is 18.8 Å². The molecule has 0 saturated heterocycles. The normalized spacial score (nSPS) is 11.8. The molecule has 3 aromatic carbocycles. The molecule has 0 heterocycles. The number of amides is 1. The summed E-state index contributed by atoms with van der Waals surface area (Å²) in [5, 5.41) is 0. The minimum Gasteiger partial charge on any atom is -0.332 e. The first-order chi connectivity index (χ1) is 15.5. The molecule has 3 rings (SSSR count). The zero-order valence-corrected chi connectivity index (χ0v) is 18.7. The van der Waals surface area contributed by atoms with E-state index in [0.29, 0.717) is 4.31 Å². The smallest absolute Gasteiger partial charge is 0.332 e. The van der Waals surface area contributed by atoms with E-state index in [4.69, 9.17) is 0 Å². The quantitative estimate of drug-likeness (QED) is 0.474. The number of nitrogens with zero attached hydrogens (tertiary/aromatic N) is 2. The average Bonchev–Trinajstić information content (AvgIpc) is 2.77. The van der Waals surface area contributed by atoms with Crippen LogP contribution in [0.4, 0.5) is 18.9 Å². The first-order valence-electron chi connectivity index (χ1n) is 10.0. The fourth-order valence-electron chi connectivity index (χ4n) is 3.30. The van der Waals surface area contributed by atoms with E-state index < -0.39 is 34.2 Å². The maximum absolute atomic E-state index is 13.3. The van der Waals surface area contributed by atoms with Crippen LogP contribution in [0.5, 0.6) is 0 Å². The van der Waals surface area contributed by atoms with Crippen LogP contribution in [0.2, 0.25) is 0 Å². The summed E-state index contributed by atoms with van der Waals surface area (Å²) in [7, 11) is -4.04. The van der Waals surface area contributed by atoms with Crippen LogP contribution in [-0.2, 0) is 34.1 Å². The number of rotatable bonds is 8. The first kappa shape index (κ1) is 24.3. The molecule has 0 saturated carbocycles. The fraction of sp³-hybridized carbons (Fsp3) is 0.208. The number of carbonyl (C=O) groups excluding carboxylic acids is 1. The monoisotopic (exact) mass is 476 g/mol. The third-order valence-corrected chi connectivity index (χ3v) is 6.07. The molecule has 0 bridgehead atoms. The van der Waals surface area contributed by atoms with Crippen molar-refractivity contribution in [1.82, 2.24) is 4.90 Å². The summed E-state index contributed by atoms with van der Waals surface area (Å²) in [4.78, 5) is 14.7. The van der Waals surface area contributed by atoms with Crippen molar-refractivity contribution in [3.8, 4) is 0 Å². The molecule has 9 heteroatoms. The third-order valence-electron chi connectivity index (χ3n) is 4.93. The Balaban J connectivity index is 1.91. The molecule has 174 valence electrons. The summed E-state index contributed by atoms with van der Waals surface area (Å²) >= 11 is 0. The van der Waals surface area contributed by atoms with Gasteiger partial charge in [0.05, 0.1) is 17.5 Å². The van der Waals surface area contributed by atoms with Crippen LogP contribution in [0, 0.1) is 0 Å². The van der Waals surface area contributed by atoms with E-state index in [2.05, 4.69) is 0 Å². The Morgan fingerprint density at radius 1 is 0.818 bits per heavy atom. The van der Waals surface area contributed by atoms with E-state index in [9.17, 15) is 26.4 Å². The number of sulfonamides is 1. The van der Waals surface area contributed by atoms with Crippen LogP contribution in [0.15, 0.2) is 84.9 Å². The molecule has 0 aliphatic carbocycles. The molecule has 3 aromatic rings. The number of benzene rings is 3. The summed E-state index contributed by atoms with van der Waals surface area (Å²) < 4.78 is 65.1. The molecule has 1 amide bonds. The Bertz CT molecular complexity index is 1140. The molecule has 0 aromatic heterocycles. The Hall–Kier alpha value is -3.33. The van der Waals surface area contributed by atoms with Crippen molar-refractivity contribution >= 4 is 21.6 Å². The van der Waals surface area contributed by atoms with Gasteiger partial charge in [-0.3, -0.25) is 9.10 Å². The minimum absolute atomic E-state index is 0.217. The standard InChI is InChI=1S/C24H23F3N2O3S/c1-33(31,32)29(22-14-8-13-21(15-22)24(25,26)27)18-23(30)28(16-19-9-4-2-5-10-19)17-20-11-6-3-7-12-20/h2-15H,16-18H2,1H3. The molecule has 0 aliphatic heterocycles. The van der Waals surface area contributed by atoms with Crippen molar-refractivity contribution in [2.24, 2.45) is 0 Å². The van der Waals surface area contributed by atoms with Crippen molar-refractivity contribution in [3.63, 3.8) is 0 Å². The molecular formula is C24H23F3N2O3S. The number of anilines is 1. The molecule has 0 radical (unpaired) electrons. The predicted octanol–water partition coefficient (Wildman–Crippen LogP) is 4.70. The van der Waals surface area contributed by atoms with Crippen LogP contribution >= 0.6 is 0 Å². The third kappa shape index (κ3) is 6.82. The van der Waals surface area contributed by atoms with Crippen LogP contribution in [0.25, 0.3) is 0 Å². The van der Waals surface area contributed by atoms with Crippen LogP contribution < -0.4 is 4.31 Å². The van der Waals surface area contributed by atoms with Crippen LogP contribution in [0.3, 0.4) is 0 Å². The van der Waals surface area contributed by atoms with E-state index >= 15 is 0 Å². The molecule has 0 fully saturated rings. The van der Waals surface area contributed by atoms with Gasteiger partial charge in [0.1, 0.15) is 6.54 Å². The Morgan fingerprint density at radius 3 is 1.79 bits per heavy atom. The van der Waals surface area contributed by atoms with Crippen LogP contribution in [-0.4, -0.2) is 32.0 Å². The summed E-state index contributed by atoms with van der Waals surface area (Å²) in [6.45, 7) is -0.191. The van der Waals surface area contributed by atoms with Gasteiger partial charge in [-0.15, -0.1) is 0 Å². The second-order valence-corrected chi connectivity index (χ2v) is 9.45. The molecule has 5 nitrogen and oxygen atoms in total. The van der Waals surface area contributed by atoms with Gasteiger partial charge in [0.25, 0.3) is 0 Å². The van der Waals surface area contributed by atoms with Gasteiger partial charge in [-0.05, 0) is 29.3 Å². The van der Waals surface area contributed by atoms with E-state index in [1.165, 1.54) is 11.0 Å². The van der Waals surface area contributed by atoms with Gasteiger partial charge >= 0.3 is 6.18 Å². The van der Waals surface area contributed by atoms with Crippen molar-refractivity contribution in [2.45, 2.75) is 19.3 Å². The van der Waals surface area contributed by atoms with Gasteiger partial charge in [0, 0.05) is 13.1 Å². The molecule has 33 heavy (non-hydrogen) atoms. The molecule has 0 spiro atoms. The highest BCUT2D eigenvalue weighted by Gasteiger charge is 2.32. The van der Waals surface area contributed by atoms with Gasteiger partial charge in [0.2, 0.25) is 15.9 Å². The largest absolute Gasteiger partial charge is 0.416 e. The van der Waals surface area contributed by atoms with Gasteiger partial charge in [0.15, 0.2) is 0 Å². The number of hydrogen-bond donors (Lipinski definition) is 0. The fourth-order valence-corrected chi connectivity index (χ4v) is 4.14. The topological polar surface area (TPSA) is 57.7 Å². The van der Waals surface area contributed by atoms with Gasteiger partial charge in [-0.25, -0.2) is 8.42 Å². The lowest BCUT2D eigenvalue weighted by atomic mass is 10.1. The van der Waals surface area contributed by atoms with Gasteiger partial charge in [-0.1, -0.05) is 66.7 Å². The zero-order valence-electron chi connectivity index (χ0n) is 17.9. The SMILES string of the molecule is CS(=O)(=O)N(CC(=O)N(Cc1ccccc1)Cc1ccccc1)c1cccc(C(F)(F)F)c1. The van der Waals surface area contributed by atoms with Crippen molar-refractivity contribution in [1.29, 1.82) is 0 Å². The Morgan fingerprint density at radius 2 is 1.33 bits per heavy atom.